The second-order valence-corrected chi connectivity index (χ2v) is 13.3. The fraction of sp³-hybridized carbons (Fsp3) is 0.412. The lowest BCUT2D eigenvalue weighted by molar-refractivity contribution is 0.259. The summed E-state index contributed by atoms with van der Waals surface area (Å²) in [6, 6.07) is 21.2. The molecule has 40 heavy (non-hydrogen) atoms. The van der Waals surface area contributed by atoms with Gasteiger partial charge in [0, 0.05) is 41.7 Å². The summed E-state index contributed by atoms with van der Waals surface area (Å²) in [5.74, 6) is 3.22. The molecule has 4 aromatic rings. The van der Waals surface area contributed by atoms with Crippen LogP contribution in [0.3, 0.4) is 0 Å². The molecule has 6 heteroatoms. The maximum atomic E-state index is 5.24. The summed E-state index contributed by atoms with van der Waals surface area (Å²) in [7, 11) is 4.64. The third-order valence-electron chi connectivity index (χ3n) is 11.5. The number of rotatable bonds is 2. The monoisotopic (exact) mass is 530 g/mol. The number of fused-ring (bicyclic) bond motifs is 6. The Morgan fingerprint density at radius 1 is 0.775 bits per heavy atom. The maximum Gasteiger partial charge on any atom is 0.140 e. The molecule has 2 aliphatic carbocycles. The molecule has 4 aliphatic rings. The number of nitrogens with zero attached hydrogens (tertiary/aromatic N) is 6. The maximum absolute atomic E-state index is 5.24. The smallest absolute Gasteiger partial charge is 0.140 e. The molecule has 2 fully saturated rings. The third kappa shape index (κ3) is 2.61. The van der Waals surface area contributed by atoms with E-state index in [1.807, 2.05) is 0 Å². The van der Waals surface area contributed by atoms with E-state index in [2.05, 4.69) is 122 Å². The Labute approximate surface area is 236 Å². The number of allylic oxidation sites excluding steroid dienone is 1. The van der Waals surface area contributed by atoms with Gasteiger partial charge in [-0.15, -0.1) is 0 Å². The summed E-state index contributed by atoms with van der Waals surface area (Å²) in [6.07, 6.45) is 3.34. The van der Waals surface area contributed by atoms with Gasteiger partial charge in [-0.1, -0.05) is 49.9 Å². The van der Waals surface area contributed by atoms with Gasteiger partial charge in [-0.2, -0.15) is 10.2 Å². The molecule has 1 spiro atoms. The topological polar surface area (TPSA) is 42.1 Å². The summed E-state index contributed by atoms with van der Waals surface area (Å²) in [5, 5.41) is 10.4. The first kappa shape index (κ1) is 24.0. The van der Waals surface area contributed by atoms with E-state index in [1.54, 1.807) is 0 Å². The largest absolute Gasteiger partial charge is 0.354 e. The first-order valence-corrected chi connectivity index (χ1v) is 14.6. The third-order valence-corrected chi connectivity index (χ3v) is 11.5. The van der Waals surface area contributed by atoms with Gasteiger partial charge in [0.1, 0.15) is 11.6 Å². The van der Waals surface area contributed by atoms with Crippen molar-refractivity contribution in [1.29, 1.82) is 0 Å². The Bertz CT molecular complexity index is 1700. The van der Waals surface area contributed by atoms with Gasteiger partial charge >= 0.3 is 0 Å². The molecule has 0 N–H and O–H groups in total. The number of aromatic nitrogens is 4. The predicted octanol–water partition coefficient (Wildman–Crippen LogP) is 6.47. The molecular formula is C34H38N6. The van der Waals surface area contributed by atoms with Crippen LogP contribution >= 0.6 is 0 Å². The SMILES string of the molecule is C=C1c2c(C)nn(-c3ccccc3)c2N(C)C23C[C@@H]1C1(C)c4c(C)nn(-c5ccccc5)c4N(C)C(C)(C[C@H]12)C3. The van der Waals surface area contributed by atoms with Crippen LogP contribution in [0.4, 0.5) is 11.6 Å². The minimum absolute atomic E-state index is 0.00536. The van der Waals surface area contributed by atoms with E-state index in [1.165, 1.54) is 28.3 Å². The van der Waals surface area contributed by atoms with E-state index >= 15 is 0 Å². The van der Waals surface area contributed by atoms with Crippen molar-refractivity contribution in [2.24, 2.45) is 11.8 Å². The molecular weight excluding hydrogens is 492 g/mol. The van der Waals surface area contributed by atoms with Gasteiger partial charge in [0.15, 0.2) is 0 Å². The normalized spacial score (nSPS) is 31.7. The van der Waals surface area contributed by atoms with E-state index in [9.17, 15) is 0 Å². The van der Waals surface area contributed by atoms with Crippen LogP contribution in [0.5, 0.6) is 0 Å². The molecule has 2 aromatic carbocycles. The van der Waals surface area contributed by atoms with Crippen LogP contribution in [0.25, 0.3) is 16.9 Å². The Balaban J connectivity index is 1.42. The highest BCUT2D eigenvalue weighted by Crippen LogP contribution is 2.73. The van der Waals surface area contributed by atoms with Crippen LogP contribution in [0.15, 0.2) is 67.2 Å². The van der Waals surface area contributed by atoms with E-state index in [4.69, 9.17) is 16.8 Å². The van der Waals surface area contributed by atoms with Crippen LogP contribution in [-0.2, 0) is 5.41 Å². The second-order valence-electron chi connectivity index (χ2n) is 13.3. The molecule has 2 saturated carbocycles. The zero-order valence-electron chi connectivity index (χ0n) is 24.4. The van der Waals surface area contributed by atoms with Crippen LogP contribution in [-0.4, -0.2) is 44.7 Å². The summed E-state index contributed by atoms with van der Waals surface area (Å²) in [6.45, 7) is 14.3. The molecule has 2 aromatic heterocycles. The van der Waals surface area contributed by atoms with Gasteiger partial charge in [0.05, 0.1) is 22.8 Å². The number of hydrogen-bond acceptors (Lipinski definition) is 4. The zero-order valence-corrected chi connectivity index (χ0v) is 24.4. The van der Waals surface area contributed by atoms with Crippen molar-refractivity contribution in [2.45, 2.75) is 63.5 Å². The fourth-order valence-corrected chi connectivity index (χ4v) is 9.65. The van der Waals surface area contributed by atoms with E-state index in [0.29, 0.717) is 11.8 Å². The minimum atomic E-state index is -0.0979. The molecule has 2 aliphatic heterocycles. The number of aryl methyl sites for hydroxylation is 2. The van der Waals surface area contributed by atoms with Crippen molar-refractivity contribution in [3.63, 3.8) is 0 Å². The minimum Gasteiger partial charge on any atom is -0.354 e. The highest BCUT2D eigenvalue weighted by atomic mass is 15.4. The number of anilines is 2. The van der Waals surface area contributed by atoms with Crippen LogP contribution in [0.1, 0.15) is 55.6 Å². The van der Waals surface area contributed by atoms with Crippen molar-refractivity contribution in [3.8, 4) is 11.4 Å². The van der Waals surface area contributed by atoms with Crippen molar-refractivity contribution >= 4 is 17.2 Å². The van der Waals surface area contributed by atoms with E-state index in [0.717, 1.165) is 42.0 Å². The lowest BCUT2D eigenvalue weighted by Gasteiger charge is -2.47. The Morgan fingerprint density at radius 3 is 1.98 bits per heavy atom. The average Bonchev–Trinajstić information content (AvgIpc) is 3.63. The van der Waals surface area contributed by atoms with E-state index in [-0.39, 0.29) is 16.5 Å². The zero-order chi connectivity index (χ0) is 27.8. The highest BCUT2D eigenvalue weighted by Gasteiger charge is 2.73. The molecule has 0 saturated heterocycles. The first-order chi connectivity index (χ1) is 19.1. The summed E-state index contributed by atoms with van der Waals surface area (Å²) >= 11 is 0. The highest BCUT2D eigenvalue weighted by molar-refractivity contribution is 5.83. The van der Waals surface area contributed by atoms with E-state index < -0.39 is 0 Å². The van der Waals surface area contributed by atoms with Gasteiger partial charge in [-0.25, -0.2) is 9.36 Å². The van der Waals surface area contributed by atoms with Crippen LogP contribution in [0, 0.1) is 25.7 Å². The molecule has 8 rings (SSSR count). The van der Waals surface area contributed by atoms with Crippen molar-refractivity contribution in [2.75, 3.05) is 23.9 Å². The molecule has 204 valence electrons. The molecule has 5 atom stereocenters. The predicted molar refractivity (Wildman–Crippen MR) is 162 cm³/mol. The Morgan fingerprint density at radius 2 is 1.35 bits per heavy atom. The molecule has 0 radical (unpaired) electrons. The number of hydrogen-bond donors (Lipinski definition) is 0. The first-order valence-electron chi connectivity index (χ1n) is 14.6. The number of para-hydroxylation sites is 2. The summed E-state index contributed by atoms with van der Waals surface area (Å²) in [4.78, 5) is 5.22. The summed E-state index contributed by atoms with van der Waals surface area (Å²) in [5.41, 5.74) is 8.19. The van der Waals surface area contributed by atoms with Gasteiger partial charge in [-0.05, 0) is 81.7 Å². The molecule has 0 amide bonds. The quantitative estimate of drug-likeness (QED) is 0.298. The van der Waals surface area contributed by atoms with Gasteiger partial charge in [0.25, 0.3) is 0 Å². The average molecular weight is 531 g/mol. The second kappa shape index (κ2) is 7.48. The van der Waals surface area contributed by atoms with Crippen molar-refractivity contribution in [1.82, 2.24) is 19.6 Å². The van der Waals surface area contributed by atoms with Gasteiger partial charge < -0.3 is 9.80 Å². The lowest BCUT2D eigenvalue weighted by Crippen LogP contribution is -2.53. The van der Waals surface area contributed by atoms with Gasteiger partial charge in [-0.3, -0.25) is 0 Å². The summed E-state index contributed by atoms with van der Waals surface area (Å²) < 4.78 is 4.39. The lowest BCUT2D eigenvalue weighted by atomic mass is 9.64. The standard InChI is InChI=1S/C34H38N6/c1-21-26-18-34(38(7)30-28(21)22(2)35-39(30)24-14-10-8-11-15-24)20-32(4)19-27(34)33(26,5)29-23(3)36-40(31(29)37(32)6)25-16-12-9-13-17-25/h8-17,26-27H,1,18-20H2,2-7H3/t26-,27+,32?,33?,34?/m0/s1. The van der Waals surface area contributed by atoms with Gasteiger partial charge in [0.2, 0.25) is 0 Å². The molecule has 4 bridgehead atoms. The van der Waals surface area contributed by atoms with Crippen molar-refractivity contribution < 1.29 is 0 Å². The molecule has 4 heterocycles. The van der Waals surface area contributed by atoms with Crippen molar-refractivity contribution in [3.05, 3.63) is 89.8 Å². The van der Waals surface area contributed by atoms with Crippen LogP contribution in [0.2, 0.25) is 0 Å². The Kier molecular flexibility index (Phi) is 4.49. The molecule has 3 unspecified atom stereocenters. The Hall–Kier alpha value is -3.80. The fourth-order valence-electron chi connectivity index (χ4n) is 9.65. The molecule has 6 nitrogen and oxygen atoms in total. The number of benzene rings is 2. The van der Waals surface area contributed by atoms with Crippen LogP contribution < -0.4 is 9.80 Å².